The molecule has 3 rings (SSSR count). The van der Waals surface area contributed by atoms with Crippen LogP contribution in [0.5, 0.6) is 0 Å². The summed E-state index contributed by atoms with van der Waals surface area (Å²) in [4.78, 5) is 0. The zero-order valence-electron chi connectivity index (χ0n) is 17.2. The van der Waals surface area contributed by atoms with Gasteiger partial charge in [-0.3, -0.25) is 6.08 Å². The van der Waals surface area contributed by atoms with E-state index in [1.807, 2.05) is 0 Å². The predicted molar refractivity (Wildman–Crippen MR) is 106 cm³/mol. The molecule has 0 aromatic heterocycles. The molecule has 2 aliphatic rings. The van der Waals surface area contributed by atoms with Gasteiger partial charge in [-0.05, 0) is 18.8 Å². The molecule has 1 aromatic carbocycles. The Morgan fingerprint density at radius 3 is 2.14 bits per heavy atom. The average molecular weight is 486 g/mol. The molecule has 0 nitrogen and oxygen atoms in total. The van der Waals surface area contributed by atoms with E-state index in [4.69, 9.17) is 0 Å². The predicted octanol–water partition coefficient (Wildman–Crippen LogP) is -3.50. The molecule has 2 radical (unpaired) electrons. The molecule has 2 atom stereocenters. The van der Waals surface area contributed by atoms with Gasteiger partial charge in [-0.15, -0.1) is 6.92 Å². The van der Waals surface area contributed by atoms with E-state index in [1.165, 1.54) is 27.5 Å². The van der Waals surface area contributed by atoms with Gasteiger partial charge >= 0.3 is 21.7 Å². The Kier molecular flexibility index (Phi) is 12.9. The van der Waals surface area contributed by atoms with Crippen molar-refractivity contribution in [3.8, 4) is 0 Å². The summed E-state index contributed by atoms with van der Waals surface area (Å²) in [6, 6.07) is 8.84. The number of allylic oxidation sites excluding steroid dienone is 8. The Labute approximate surface area is 207 Å². The summed E-state index contributed by atoms with van der Waals surface area (Å²) < 4.78 is 0. The topological polar surface area (TPSA) is 0 Å². The minimum Gasteiger partial charge on any atom is -1.00 e. The van der Waals surface area contributed by atoms with Gasteiger partial charge in [0.25, 0.3) is 0 Å². The second-order valence-electron chi connectivity index (χ2n) is 7.67. The zero-order valence-corrected chi connectivity index (χ0v) is 22.0. The van der Waals surface area contributed by atoms with Crippen LogP contribution in [0.1, 0.15) is 46.1 Å². The van der Waals surface area contributed by atoms with Crippen molar-refractivity contribution < 1.29 is 58.9 Å². The molecule has 2 unspecified atom stereocenters. The molecule has 0 spiro atoms. The molecule has 28 heavy (non-hydrogen) atoms. The molecule has 148 valence electrons. The van der Waals surface area contributed by atoms with E-state index in [1.54, 1.807) is 0 Å². The summed E-state index contributed by atoms with van der Waals surface area (Å²) in [6.45, 7) is 11.5. The third-order valence-electron chi connectivity index (χ3n) is 5.66. The molecule has 0 heterocycles. The fourth-order valence-electron chi connectivity index (χ4n) is 3.91. The van der Waals surface area contributed by atoms with Gasteiger partial charge < -0.3 is 37.2 Å². The Morgan fingerprint density at radius 2 is 1.64 bits per heavy atom. The van der Waals surface area contributed by atoms with Crippen LogP contribution < -0.4 is 42.4 Å². The number of rotatable bonds is 4. The van der Waals surface area contributed by atoms with Crippen molar-refractivity contribution in [3.63, 3.8) is 0 Å². The van der Waals surface area contributed by atoms with Crippen LogP contribution in [0.4, 0.5) is 0 Å². The molecule has 5 heteroatoms. The van der Waals surface area contributed by atoms with E-state index in [-0.39, 0.29) is 69.4 Å². The Balaban J connectivity index is 0. The van der Waals surface area contributed by atoms with E-state index in [9.17, 15) is 0 Å². The van der Waals surface area contributed by atoms with Crippen LogP contribution in [-0.4, -0.2) is 9.52 Å². The Hall–Kier alpha value is -0.0188. The average Bonchev–Trinajstić information content (AvgIpc) is 2.74. The first-order valence-electron chi connectivity index (χ1n) is 8.83. The second kappa shape index (κ2) is 12.0. The maximum Gasteiger partial charge on any atom is 4.00 e. The van der Waals surface area contributed by atoms with Gasteiger partial charge in [-0.1, -0.05) is 91.6 Å². The summed E-state index contributed by atoms with van der Waals surface area (Å²) in [6.07, 6.45) is 15.3. The van der Waals surface area contributed by atoms with Crippen molar-refractivity contribution in [2.75, 3.05) is 0 Å². The van der Waals surface area contributed by atoms with Crippen LogP contribution in [0.2, 0.25) is 5.04 Å². The Bertz CT molecular complexity index is 782. The van der Waals surface area contributed by atoms with Crippen LogP contribution in [0, 0.1) is 18.4 Å². The fourth-order valence-corrected chi connectivity index (χ4v) is 5.94. The first-order chi connectivity index (χ1) is 11.4. The standard InChI is InChI=1S/C23H27Si.3ClH.Ti/c1-17-11-7-8-12-21(17)24-23(15-18(2)19(3)20(23)4)16-22(5)13-9-6-10-14-22;;;;/h6-13H,14,16H2,1-5H3;3*1H;/q-1;;;;+4/p-3. The van der Waals surface area contributed by atoms with E-state index in [0.717, 1.165) is 22.4 Å². The van der Waals surface area contributed by atoms with Crippen molar-refractivity contribution in [2.45, 2.75) is 52.5 Å². The van der Waals surface area contributed by atoms with E-state index >= 15 is 0 Å². The molecule has 1 aromatic rings. The molecule has 0 aliphatic heterocycles. The number of aryl methyl sites for hydroxylation is 1. The summed E-state index contributed by atoms with van der Waals surface area (Å²) in [7, 11) is 0.737. The smallest absolute Gasteiger partial charge is 1.00 e. The second-order valence-corrected chi connectivity index (χ2v) is 9.31. The maximum atomic E-state index is 3.91. The van der Waals surface area contributed by atoms with Crippen LogP contribution in [0.3, 0.4) is 0 Å². The van der Waals surface area contributed by atoms with Crippen molar-refractivity contribution in [2.24, 2.45) is 5.41 Å². The number of hydrogen-bond donors (Lipinski definition) is 0. The normalized spacial score (nSPS) is 25.1. The van der Waals surface area contributed by atoms with Crippen molar-refractivity contribution >= 4 is 14.7 Å². The third-order valence-corrected chi connectivity index (χ3v) is 7.59. The first kappa shape index (κ1) is 30.2. The minimum atomic E-state index is 0. The van der Waals surface area contributed by atoms with Gasteiger partial charge in [0.05, 0.1) is 9.52 Å². The number of hydrogen-bond acceptors (Lipinski definition) is 0. The van der Waals surface area contributed by atoms with Crippen LogP contribution in [-0.2, 0) is 21.7 Å². The van der Waals surface area contributed by atoms with E-state index in [0.29, 0.717) is 0 Å². The number of halogens is 3. The van der Waals surface area contributed by atoms with Crippen LogP contribution in [0.25, 0.3) is 0 Å². The van der Waals surface area contributed by atoms with Crippen molar-refractivity contribution in [1.82, 2.24) is 0 Å². The van der Waals surface area contributed by atoms with E-state index in [2.05, 4.69) is 89.3 Å². The quantitative estimate of drug-likeness (QED) is 0.307. The third kappa shape index (κ3) is 6.24. The van der Waals surface area contributed by atoms with Gasteiger partial charge in [0, 0.05) is 0 Å². The summed E-state index contributed by atoms with van der Waals surface area (Å²) in [5.41, 5.74) is 5.91. The van der Waals surface area contributed by atoms with Crippen LogP contribution in [0.15, 0.2) is 65.3 Å². The molecular formula is C23H27Cl3SiTi. The molecule has 0 N–H and O–H groups in total. The van der Waals surface area contributed by atoms with Crippen molar-refractivity contribution in [1.29, 1.82) is 0 Å². The van der Waals surface area contributed by atoms with Gasteiger partial charge in [0.2, 0.25) is 0 Å². The molecule has 0 saturated heterocycles. The Morgan fingerprint density at radius 1 is 1.00 bits per heavy atom. The minimum absolute atomic E-state index is 0. The van der Waals surface area contributed by atoms with Gasteiger partial charge in [-0.2, -0.15) is 11.1 Å². The SMILES string of the molecule is CC1=[C-]C(CC2(C)C=CC=CC2)([Si]c2ccccc2C)C(C)=C1C.[Cl-].[Cl-].[Cl-].[Ti+4]. The van der Waals surface area contributed by atoms with Gasteiger partial charge in [0.15, 0.2) is 0 Å². The van der Waals surface area contributed by atoms with Gasteiger partial charge in [-0.25, -0.2) is 5.57 Å². The molecule has 0 amide bonds. The van der Waals surface area contributed by atoms with Gasteiger partial charge in [0.1, 0.15) is 0 Å². The molecule has 2 aliphatic carbocycles. The number of benzene rings is 1. The first-order valence-corrected chi connectivity index (χ1v) is 9.83. The zero-order chi connectivity index (χ0) is 17.4. The summed E-state index contributed by atoms with van der Waals surface area (Å²) in [5.74, 6) is 0. The monoisotopic (exact) mass is 484 g/mol. The summed E-state index contributed by atoms with van der Waals surface area (Å²) in [5, 5.41) is 1.52. The molecule has 0 saturated carbocycles. The molecule has 0 bridgehead atoms. The largest absolute Gasteiger partial charge is 4.00 e. The van der Waals surface area contributed by atoms with E-state index < -0.39 is 0 Å². The summed E-state index contributed by atoms with van der Waals surface area (Å²) >= 11 is 0. The fraction of sp³-hybridized carbons (Fsp3) is 0.391. The van der Waals surface area contributed by atoms with Crippen LogP contribution >= 0.6 is 0 Å². The van der Waals surface area contributed by atoms with Crippen molar-refractivity contribution in [3.05, 3.63) is 76.9 Å². The molecule has 0 fully saturated rings. The molecular weight excluding hydrogens is 459 g/mol. The maximum absolute atomic E-state index is 3.91.